The van der Waals surface area contributed by atoms with E-state index in [1.807, 2.05) is 31.2 Å². The molecular formula is C23H22ClN3O5. The number of amides is 3. The van der Waals surface area contributed by atoms with Gasteiger partial charge < -0.3 is 20.1 Å². The Balaban J connectivity index is 1.59. The van der Waals surface area contributed by atoms with Gasteiger partial charge >= 0.3 is 12.0 Å². The van der Waals surface area contributed by atoms with Gasteiger partial charge in [-0.3, -0.25) is 9.69 Å². The summed E-state index contributed by atoms with van der Waals surface area (Å²) in [6.07, 6.45) is 0. The third-order valence-corrected chi connectivity index (χ3v) is 5.87. The summed E-state index contributed by atoms with van der Waals surface area (Å²) in [5, 5.41) is 6.07. The number of rotatable bonds is 5. The van der Waals surface area contributed by atoms with Crippen molar-refractivity contribution in [2.75, 3.05) is 25.6 Å². The Morgan fingerprint density at radius 3 is 2.66 bits per heavy atom. The van der Waals surface area contributed by atoms with E-state index in [0.29, 0.717) is 27.7 Å². The molecule has 8 nitrogen and oxygen atoms in total. The van der Waals surface area contributed by atoms with Crippen molar-refractivity contribution in [2.45, 2.75) is 19.9 Å². The predicted octanol–water partition coefficient (Wildman–Crippen LogP) is 3.48. The highest BCUT2D eigenvalue weighted by molar-refractivity contribution is 6.31. The van der Waals surface area contributed by atoms with Crippen LogP contribution in [0.2, 0.25) is 5.02 Å². The fourth-order valence-corrected chi connectivity index (χ4v) is 3.90. The van der Waals surface area contributed by atoms with E-state index in [4.69, 9.17) is 21.1 Å². The summed E-state index contributed by atoms with van der Waals surface area (Å²) in [6.45, 7) is 3.39. The Hall–Kier alpha value is -3.52. The molecule has 0 aliphatic carbocycles. The van der Waals surface area contributed by atoms with Crippen molar-refractivity contribution in [3.8, 4) is 5.75 Å². The topological polar surface area (TPSA) is 97.0 Å². The minimum absolute atomic E-state index is 0.0688. The molecule has 0 saturated heterocycles. The number of carbonyl (C=O) groups is 3. The first-order valence-electron chi connectivity index (χ1n) is 9.97. The number of urea groups is 1. The highest BCUT2D eigenvalue weighted by Gasteiger charge is 2.42. The van der Waals surface area contributed by atoms with E-state index in [2.05, 4.69) is 10.6 Å². The molecule has 2 aromatic rings. The van der Waals surface area contributed by atoms with Crippen molar-refractivity contribution in [3.05, 3.63) is 69.4 Å². The fourth-order valence-electron chi connectivity index (χ4n) is 3.75. The Morgan fingerprint density at radius 1 is 1.25 bits per heavy atom. The zero-order valence-corrected chi connectivity index (χ0v) is 18.6. The zero-order valence-electron chi connectivity index (χ0n) is 17.8. The van der Waals surface area contributed by atoms with E-state index in [9.17, 15) is 14.4 Å². The second-order valence-corrected chi connectivity index (χ2v) is 8.07. The lowest BCUT2D eigenvalue weighted by molar-refractivity contribution is -0.136. The number of hydrogen-bond donors (Lipinski definition) is 2. The van der Waals surface area contributed by atoms with Crippen molar-refractivity contribution in [2.24, 2.45) is 0 Å². The van der Waals surface area contributed by atoms with E-state index in [1.54, 1.807) is 19.1 Å². The molecule has 0 fully saturated rings. The second-order valence-electron chi connectivity index (χ2n) is 7.67. The molecule has 3 amide bonds. The van der Waals surface area contributed by atoms with Gasteiger partial charge in [0.2, 0.25) is 5.91 Å². The SMILES string of the molecule is COc1cc(Cl)c(C)cc1NC(=O)CN1C(=O)NC(c2ccc(C)cc2)C2=C1COC2=O. The number of halogens is 1. The molecule has 1 unspecified atom stereocenters. The average Bonchev–Trinajstić information content (AvgIpc) is 3.14. The van der Waals surface area contributed by atoms with E-state index < -0.39 is 23.9 Å². The number of ether oxygens (including phenoxy) is 2. The monoisotopic (exact) mass is 455 g/mol. The quantitative estimate of drug-likeness (QED) is 0.673. The number of methoxy groups -OCH3 is 1. The molecule has 9 heteroatoms. The Kier molecular flexibility index (Phi) is 5.80. The lowest BCUT2D eigenvalue weighted by atomic mass is 9.95. The Bertz CT molecular complexity index is 1140. The molecule has 2 heterocycles. The van der Waals surface area contributed by atoms with Crippen molar-refractivity contribution in [1.82, 2.24) is 10.2 Å². The summed E-state index contributed by atoms with van der Waals surface area (Å²) in [6, 6.07) is 9.70. The standard InChI is InChI=1S/C23H22ClN3O5/c1-12-4-6-14(7-5-12)21-20-17(11-32-22(20)29)27(23(30)26-21)10-19(28)25-16-8-13(2)15(24)9-18(16)31-3/h4-9,21H,10-11H2,1-3H3,(H,25,28)(H,26,30). The van der Waals surface area contributed by atoms with Crippen LogP contribution in [0.15, 0.2) is 47.7 Å². The first-order chi connectivity index (χ1) is 15.3. The summed E-state index contributed by atoms with van der Waals surface area (Å²) in [5.41, 5.74) is 3.74. The predicted molar refractivity (Wildman–Crippen MR) is 119 cm³/mol. The van der Waals surface area contributed by atoms with Crippen molar-refractivity contribution < 1.29 is 23.9 Å². The molecule has 2 aromatic carbocycles. The van der Waals surface area contributed by atoms with Gasteiger partial charge in [0.1, 0.15) is 18.9 Å². The lowest BCUT2D eigenvalue weighted by Crippen LogP contribution is -2.49. The number of aryl methyl sites for hydroxylation is 2. The second kappa shape index (κ2) is 8.55. The van der Waals surface area contributed by atoms with Crippen molar-refractivity contribution in [1.29, 1.82) is 0 Å². The molecule has 0 spiro atoms. The van der Waals surface area contributed by atoms with Gasteiger partial charge in [0.05, 0.1) is 30.1 Å². The largest absolute Gasteiger partial charge is 0.495 e. The van der Waals surface area contributed by atoms with Gasteiger partial charge in [0.15, 0.2) is 0 Å². The van der Waals surface area contributed by atoms with Crippen LogP contribution >= 0.6 is 11.6 Å². The highest BCUT2D eigenvalue weighted by atomic mass is 35.5. The molecule has 2 aliphatic heterocycles. The normalized spacial score (nSPS) is 17.6. The van der Waals surface area contributed by atoms with Crippen LogP contribution in [0.25, 0.3) is 0 Å². The van der Waals surface area contributed by atoms with E-state index in [1.165, 1.54) is 12.0 Å². The molecule has 1 atom stereocenters. The van der Waals surface area contributed by atoms with Crippen molar-refractivity contribution >= 4 is 35.2 Å². The summed E-state index contributed by atoms with van der Waals surface area (Å²) >= 11 is 6.12. The van der Waals surface area contributed by atoms with Crippen LogP contribution in [0.4, 0.5) is 10.5 Å². The summed E-state index contributed by atoms with van der Waals surface area (Å²) in [7, 11) is 1.47. The number of esters is 1. The number of hydrogen-bond acceptors (Lipinski definition) is 5. The smallest absolute Gasteiger partial charge is 0.338 e. The van der Waals surface area contributed by atoms with Gasteiger partial charge in [-0.05, 0) is 31.0 Å². The maximum absolute atomic E-state index is 12.9. The molecule has 0 saturated carbocycles. The minimum atomic E-state index is -0.633. The van der Waals surface area contributed by atoms with Crippen molar-refractivity contribution in [3.63, 3.8) is 0 Å². The van der Waals surface area contributed by atoms with Crippen LogP contribution in [-0.2, 0) is 14.3 Å². The van der Waals surface area contributed by atoms with Gasteiger partial charge in [-0.1, -0.05) is 41.4 Å². The molecule has 166 valence electrons. The Labute approximate surface area is 190 Å². The average molecular weight is 456 g/mol. The number of carbonyl (C=O) groups excluding carboxylic acids is 3. The fraction of sp³-hybridized carbons (Fsp3) is 0.261. The molecular weight excluding hydrogens is 434 g/mol. The number of anilines is 1. The van der Waals surface area contributed by atoms with Gasteiger partial charge in [-0.2, -0.15) is 0 Å². The molecule has 2 N–H and O–H groups in total. The first kappa shape index (κ1) is 21.7. The minimum Gasteiger partial charge on any atom is -0.495 e. The van der Waals surface area contributed by atoms with Gasteiger partial charge in [-0.15, -0.1) is 0 Å². The zero-order chi connectivity index (χ0) is 23.0. The summed E-state index contributed by atoms with van der Waals surface area (Å²) < 4.78 is 10.5. The number of nitrogens with one attached hydrogen (secondary N) is 2. The maximum atomic E-state index is 12.9. The molecule has 32 heavy (non-hydrogen) atoms. The van der Waals surface area contributed by atoms with Crippen LogP contribution in [0.1, 0.15) is 22.7 Å². The number of cyclic esters (lactones) is 1. The molecule has 2 aliphatic rings. The first-order valence-corrected chi connectivity index (χ1v) is 10.3. The molecule has 0 aromatic heterocycles. The van der Waals surface area contributed by atoms with Crippen LogP contribution in [0, 0.1) is 13.8 Å². The highest BCUT2D eigenvalue weighted by Crippen LogP contribution is 2.35. The van der Waals surface area contributed by atoms with Gasteiger partial charge in [0.25, 0.3) is 0 Å². The van der Waals surface area contributed by atoms with Gasteiger partial charge in [0, 0.05) is 11.1 Å². The summed E-state index contributed by atoms with van der Waals surface area (Å²) in [4.78, 5) is 39.4. The van der Waals surface area contributed by atoms with E-state index in [0.717, 1.165) is 16.7 Å². The van der Waals surface area contributed by atoms with Gasteiger partial charge in [-0.25, -0.2) is 9.59 Å². The maximum Gasteiger partial charge on any atom is 0.338 e. The number of nitrogens with zero attached hydrogens (tertiary/aromatic N) is 1. The van der Waals surface area contributed by atoms with Crippen LogP contribution in [-0.4, -0.2) is 43.1 Å². The van der Waals surface area contributed by atoms with E-state index >= 15 is 0 Å². The van der Waals surface area contributed by atoms with Crippen LogP contribution in [0.5, 0.6) is 5.75 Å². The third-order valence-electron chi connectivity index (χ3n) is 5.47. The third kappa shape index (κ3) is 4.01. The van der Waals surface area contributed by atoms with Crippen LogP contribution < -0.4 is 15.4 Å². The lowest BCUT2D eigenvalue weighted by Gasteiger charge is -2.32. The van der Waals surface area contributed by atoms with Crippen LogP contribution in [0.3, 0.4) is 0 Å². The Morgan fingerprint density at radius 2 is 1.97 bits per heavy atom. The molecule has 0 bridgehead atoms. The molecule has 0 radical (unpaired) electrons. The number of benzene rings is 2. The summed E-state index contributed by atoms with van der Waals surface area (Å²) in [5.74, 6) is -0.568. The molecule has 4 rings (SSSR count). The van der Waals surface area contributed by atoms with E-state index in [-0.39, 0.29) is 13.2 Å².